The molecule has 6 fully saturated rings. The molecule has 3 aliphatic heterocycles. The molecule has 546 valence electrons. The maximum absolute atomic E-state index is 13.9. The van der Waals surface area contributed by atoms with E-state index in [1.165, 1.54) is 36.7 Å². The monoisotopic (exact) mass is 1480 g/mol. The Morgan fingerprint density at radius 3 is 1.28 bits per heavy atom. The number of aromatic nitrogens is 8. The molecule has 3 unspecified atom stereocenters. The quantitative estimate of drug-likeness (QED) is 0.0310. The van der Waals surface area contributed by atoms with E-state index in [2.05, 4.69) is 27.8 Å². The minimum absolute atomic E-state index is 0.0255. The van der Waals surface area contributed by atoms with Crippen molar-refractivity contribution in [2.24, 2.45) is 17.2 Å². The first-order valence-corrected chi connectivity index (χ1v) is 35.0. The number of benzene rings is 4. The Morgan fingerprint density at radius 2 is 0.934 bits per heavy atom. The highest BCUT2D eigenvalue weighted by Gasteiger charge is 2.55. The molecule has 27 nitrogen and oxygen atoms in total. The number of aliphatic hydroxyl groups is 1. The van der Waals surface area contributed by atoms with Crippen LogP contribution >= 0.6 is 23.2 Å². The average molecular weight is 1480 g/mol. The van der Waals surface area contributed by atoms with E-state index in [9.17, 15) is 38.0 Å². The van der Waals surface area contributed by atoms with Crippen LogP contribution in [0.2, 0.25) is 10.0 Å². The Bertz CT molecular complexity index is 4940. The van der Waals surface area contributed by atoms with E-state index in [-0.39, 0.29) is 93.1 Å². The number of rotatable bonds is 18. The highest BCUT2D eigenvalue weighted by atomic mass is 35.5. The summed E-state index contributed by atoms with van der Waals surface area (Å²) in [7, 11) is 0. The molecule has 6 aliphatic rings. The molecule has 15 rings (SSSR count). The number of primary amides is 3. The maximum atomic E-state index is 13.9. The summed E-state index contributed by atoms with van der Waals surface area (Å²) in [6, 6.07) is 29.7. The topological polar surface area (TPSA) is 402 Å². The normalized spacial score (nSPS) is 18.4. The standard InChI is InChI=1S/C26H27ClN6O4.C25H25ClN6O3.C24H22F2N6O2/c27-17-5-8-20(30-14-17)37-19-6-3-16(4-7-19)23-22(25(29)36)24(28)33(31-23)18-9-10-26(11-12-26)32(15-18)21(35)2-1-13-34;1-2-20(33)31-14-17(9-10-25(31)11-12-25)32-23(27)21(24(28)34)22(30-32)15-3-6-18(7-4-15)35-19-8-5-16(26)13-29-19;25-15-3-6-19(18(26)11-15)34-17-4-1-14(2-5-17)21-20(23(29)33)22(28)32(30-21)16-7-8-24(9-10-24)31(12-16)13-27/h1-8,14,18,34H,9-13,15,28H2,(H2,29,36);2-8,13,17H,1,9-12,14,27H2,(H2,28,34);1-6,11,16H,7-10,12,28H2,(H2,29,33)/b2-1+;;. The van der Waals surface area contributed by atoms with Gasteiger partial charge in [-0.15, -0.1) is 0 Å². The molecule has 3 aliphatic carbocycles. The summed E-state index contributed by atoms with van der Waals surface area (Å²) in [5, 5.41) is 33.7. The van der Waals surface area contributed by atoms with Crippen molar-refractivity contribution in [3.8, 4) is 74.7 Å². The number of nitrogens with zero attached hydrogens (tertiary/aromatic N) is 12. The maximum Gasteiger partial charge on any atom is 0.254 e. The highest BCUT2D eigenvalue weighted by Crippen LogP contribution is 2.53. The number of aliphatic hydroxyl groups excluding tert-OH is 1. The number of pyridine rings is 2. The van der Waals surface area contributed by atoms with Crippen molar-refractivity contribution < 1.29 is 52.1 Å². The Balaban J connectivity index is 0.000000141. The van der Waals surface area contributed by atoms with Gasteiger partial charge in [0.05, 0.1) is 46.9 Å². The molecule has 3 spiro atoms. The Morgan fingerprint density at radius 1 is 0.547 bits per heavy atom. The molecule has 5 aromatic heterocycles. The largest absolute Gasteiger partial charge is 0.454 e. The van der Waals surface area contributed by atoms with Gasteiger partial charge in [0, 0.05) is 77.5 Å². The van der Waals surface area contributed by atoms with Crippen molar-refractivity contribution in [2.75, 3.05) is 43.4 Å². The zero-order valence-corrected chi connectivity index (χ0v) is 58.7. The van der Waals surface area contributed by atoms with Gasteiger partial charge in [-0.3, -0.25) is 24.0 Å². The lowest BCUT2D eigenvalue weighted by atomic mass is 9.96. The van der Waals surface area contributed by atoms with Gasteiger partial charge in [0.1, 0.15) is 74.3 Å². The molecule has 31 heteroatoms. The summed E-state index contributed by atoms with van der Waals surface area (Å²) >= 11 is 11.7. The van der Waals surface area contributed by atoms with Crippen LogP contribution in [0.25, 0.3) is 33.8 Å². The number of halogens is 4. The first-order valence-electron chi connectivity index (χ1n) is 34.2. The van der Waals surface area contributed by atoms with E-state index in [0.717, 1.165) is 89.2 Å². The fraction of sp³-hybridized carbons (Fsp3) is 0.293. The van der Waals surface area contributed by atoms with Crippen LogP contribution in [0.15, 0.2) is 152 Å². The van der Waals surface area contributed by atoms with Gasteiger partial charge >= 0.3 is 0 Å². The second-order valence-electron chi connectivity index (χ2n) is 27.0. The van der Waals surface area contributed by atoms with Crippen molar-refractivity contribution in [3.05, 3.63) is 191 Å². The van der Waals surface area contributed by atoms with Gasteiger partial charge in [-0.05, 0) is 180 Å². The first kappa shape index (κ1) is 72.5. The van der Waals surface area contributed by atoms with E-state index in [4.69, 9.17) is 87.1 Å². The summed E-state index contributed by atoms with van der Waals surface area (Å²) in [6.45, 7) is 4.77. The third-order valence-electron chi connectivity index (χ3n) is 20.4. The van der Waals surface area contributed by atoms with Gasteiger partial charge in [0.2, 0.25) is 23.6 Å². The molecule has 0 bridgehead atoms. The molecule has 3 atom stereocenters. The summed E-state index contributed by atoms with van der Waals surface area (Å²) in [4.78, 5) is 76.1. The fourth-order valence-corrected chi connectivity index (χ4v) is 14.5. The third kappa shape index (κ3) is 15.0. The van der Waals surface area contributed by atoms with Gasteiger partial charge < -0.3 is 68.4 Å². The van der Waals surface area contributed by atoms with Crippen LogP contribution in [0.4, 0.5) is 26.2 Å². The molecule has 9 aromatic rings. The second kappa shape index (κ2) is 29.7. The van der Waals surface area contributed by atoms with Gasteiger partial charge in [-0.1, -0.05) is 35.9 Å². The molecule has 3 saturated heterocycles. The number of hydrogen-bond donors (Lipinski definition) is 7. The summed E-state index contributed by atoms with van der Waals surface area (Å²) < 4.78 is 48.8. The molecule has 3 saturated carbocycles. The van der Waals surface area contributed by atoms with Crippen LogP contribution < -0.4 is 48.6 Å². The molecule has 4 aromatic carbocycles. The molecule has 0 radical (unpaired) electrons. The van der Waals surface area contributed by atoms with E-state index in [1.807, 2.05) is 9.80 Å². The number of hydrogen-bond acceptors (Lipinski definition) is 19. The number of nitrogens with two attached hydrogens (primary N) is 6. The van der Waals surface area contributed by atoms with Crippen LogP contribution in [0.1, 0.15) is 126 Å². The Kier molecular flexibility index (Phi) is 20.3. The zero-order valence-electron chi connectivity index (χ0n) is 57.2. The SMILES string of the molecule is C=CC(=O)N1CC(n2nc(-c3ccc(Oc4ccc(Cl)cn4)cc3)c(C(N)=O)c2N)CCC12CC2.N#CN1CC(n2nc(-c3ccc(Oc4ccc(F)cc4F)cc3)c(C(N)=O)c2N)CCC12CC2.NC(=O)c1c(-c2ccc(Oc3ccc(Cl)cn3)cc2)nn(C2CCC3(CC3)N(C(=O)/C=C/CO)C2)c1N. The van der Waals surface area contributed by atoms with Crippen LogP contribution in [0, 0.1) is 23.1 Å². The Hall–Kier alpha value is -11.9. The van der Waals surface area contributed by atoms with E-state index in [1.54, 1.807) is 116 Å². The number of nitriles is 1. The average Bonchev–Trinajstić information content (AvgIpc) is 1.60. The predicted octanol–water partition coefficient (Wildman–Crippen LogP) is 11.2. The fourth-order valence-electron chi connectivity index (χ4n) is 14.3. The highest BCUT2D eigenvalue weighted by molar-refractivity contribution is 6.30. The number of carbonyl (C=O) groups is 5. The molecule has 5 amide bonds. The Labute approximate surface area is 616 Å². The number of nitrogen functional groups attached to an aromatic ring is 3. The summed E-state index contributed by atoms with van der Waals surface area (Å²) in [5.41, 5.74) is 39.2. The lowest BCUT2D eigenvalue weighted by molar-refractivity contribution is -0.132. The minimum Gasteiger partial charge on any atom is -0.454 e. The van der Waals surface area contributed by atoms with Crippen LogP contribution in [-0.2, 0) is 9.59 Å². The van der Waals surface area contributed by atoms with Gasteiger partial charge in [-0.2, -0.15) is 20.6 Å². The van der Waals surface area contributed by atoms with Crippen molar-refractivity contribution in [1.29, 1.82) is 5.26 Å². The summed E-state index contributed by atoms with van der Waals surface area (Å²) in [6.07, 6.45) is 20.2. The number of anilines is 3. The van der Waals surface area contributed by atoms with E-state index >= 15 is 0 Å². The van der Waals surface area contributed by atoms with Crippen LogP contribution in [0.3, 0.4) is 0 Å². The first-order chi connectivity index (χ1) is 50.9. The van der Waals surface area contributed by atoms with Crippen molar-refractivity contribution in [3.63, 3.8) is 0 Å². The smallest absolute Gasteiger partial charge is 0.254 e. The van der Waals surface area contributed by atoms with Gasteiger partial charge in [0.25, 0.3) is 17.7 Å². The second-order valence-corrected chi connectivity index (χ2v) is 27.9. The van der Waals surface area contributed by atoms with Crippen molar-refractivity contribution >= 4 is 70.2 Å². The minimum atomic E-state index is -0.821. The third-order valence-corrected chi connectivity index (χ3v) is 20.8. The predicted molar refractivity (Wildman–Crippen MR) is 390 cm³/mol. The number of carbonyl (C=O) groups excluding carboxylic acids is 5. The van der Waals surface area contributed by atoms with Crippen molar-refractivity contribution in [1.82, 2.24) is 54.0 Å². The lowest BCUT2D eigenvalue weighted by Gasteiger charge is -2.40. The van der Waals surface area contributed by atoms with Gasteiger partial charge in [-0.25, -0.2) is 32.8 Å². The number of likely N-dealkylation sites (tertiary alicyclic amines) is 3. The molecule has 13 N–H and O–H groups in total. The number of amides is 5. The van der Waals surface area contributed by atoms with Gasteiger partial charge in [0.15, 0.2) is 17.8 Å². The molecular formula is C75H74Cl2F2N18O9. The van der Waals surface area contributed by atoms with E-state index in [0.29, 0.717) is 92.5 Å². The van der Waals surface area contributed by atoms with Crippen LogP contribution in [-0.4, -0.2) is 132 Å². The van der Waals surface area contributed by atoms with E-state index < -0.39 is 29.4 Å². The summed E-state index contributed by atoms with van der Waals surface area (Å²) in [5.74, 6) is -1.22. The zero-order chi connectivity index (χ0) is 74.9. The van der Waals surface area contributed by atoms with Crippen molar-refractivity contribution in [2.45, 2.75) is 112 Å². The van der Waals surface area contributed by atoms with Crippen LogP contribution in [0.5, 0.6) is 34.8 Å². The number of ether oxygens (including phenoxy) is 3. The molecule has 106 heavy (non-hydrogen) atoms. The lowest BCUT2D eigenvalue weighted by Crippen LogP contribution is -2.48. The molecule has 8 heterocycles. The molecular weight excluding hydrogens is 1410 g/mol. The number of piperidine rings is 3.